The number of benzene rings is 2. The second-order valence-electron chi connectivity index (χ2n) is 5.80. The van der Waals surface area contributed by atoms with Gasteiger partial charge < -0.3 is 4.74 Å². The number of allylic oxidation sites excluding steroid dienone is 1. The summed E-state index contributed by atoms with van der Waals surface area (Å²) >= 11 is 0. The fraction of sp³-hybridized carbons (Fsp3) is 0.263. The van der Waals surface area contributed by atoms with Crippen molar-refractivity contribution in [2.24, 2.45) is 0 Å². The summed E-state index contributed by atoms with van der Waals surface area (Å²) in [5, 5.41) is 0. The number of aryl methyl sites for hydroxylation is 1. The Morgan fingerprint density at radius 3 is 2.54 bits per heavy atom. The Morgan fingerprint density at radius 1 is 1.08 bits per heavy atom. The van der Waals surface area contributed by atoms with Gasteiger partial charge in [0.1, 0.15) is 5.75 Å². The molecule has 0 heterocycles. The zero-order valence-corrected chi connectivity index (χ0v) is 14.6. The molecule has 2 aromatic carbocycles. The molecule has 24 heavy (non-hydrogen) atoms. The first kappa shape index (κ1) is 16.7. The van der Waals surface area contributed by atoms with Crippen LogP contribution in [0.1, 0.15) is 23.1 Å². The summed E-state index contributed by atoms with van der Waals surface area (Å²) in [5.74, 6) is 0.801. The van der Waals surface area contributed by atoms with Gasteiger partial charge in [-0.05, 0) is 60.7 Å². The molecule has 1 aliphatic carbocycles. The topological polar surface area (TPSA) is 52.6 Å². The van der Waals surface area contributed by atoms with Crippen LogP contribution in [0.4, 0.5) is 0 Å². The van der Waals surface area contributed by atoms with E-state index in [-0.39, 0.29) is 11.5 Å². The third kappa shape index (κ3) is 3.52. The van der Waals surface area contributed by atoms with Gasteiger partial charge in [0.25, 0.3) is 10.1 Å². The average Bonchev–Trinajstić information content (AvgIpc) is 2.97. The van der Waals surface area contributed by atoms with E-state index in [1.807, 2.05) is 25.1 Å². The Kier molecular flexibility index (Phi) is 4.73. The van der Waals surface area contributed by atoms with Crippen LogP contribution in [-0.4, -0.2) is 22.1 Å². The molecule has 0 radical (unpaired) electrons. The molecule has 0 atom stereocenters. The van der Waals surface area contributed by atoms with Gasteiger partial charge in [-0.1, -0.05) is 29.8 Å². The first-order valence-electron chi connectivity index (χ1n) is 7.82. The summed E-state index contributed by atoms with van der Waals surface area (Å²) in [6.07, 6.45) is 3.52. The smallest absolute Gasteiger partial charge is 0.296 e. The van der Waals surface area contributed by atoms with Gasteiger partial charge in [0.05, 0.1) is 18.6 Å². The van der Waals surface area contributed by atoms with Crippen molar-refractivity contribution in [2.75, 3.05) is 13.7 Å². The van der Waals surface area contributed by atoms with Gasteiger partial charge in [-0.3, -0.25) is 4.18 Å². The van der Waals surface area contributed by atoms with Crippen molar-refractivity contribution in [3.8, 4) is 5.75 Å². The summed E-state index contributed by atoms with van der Waals surface area (Å²) < 4.78 is 34.9. The predicted molar refractivity (Wildman–Crippen MR) is 93.6 cm³/mol. The molecule has 0 aromatic heterocycles. The van der Waals surface area contributed by atoms with Crippen LogP contribution in [0.3, 0.4) is 0 Å². The third-order valence-electron chi connectivity index (χ3n) is 4.15. The van der Waals surface area contributed by atoms with E-state index in [0.29, 0.717) is 6.42 Å². The molecule has 4 nitrogen and oxygen atoms in total. The van der Waals surface area contributed by atoms with Crippen molar-refractivity contribution in [1.82, 2.24) is 0 Å². The summed E-state index contributed by atoms with van der Waals surface area (Å²) in [7, 11) is -2.07. The van der Waals surface area contributed by atoms with Crippen LogP contribution >= 0.6 is 0 Å². The Morgan fingerprint density at radius 2 is 1.83 bits per heavy atom. The Hall–Kier alpha value is -2.11. The van der Waals surface area contributed by atoms with Crippen molar-refractivity contribution < 1.29 is 17.3 Å². The van der Waals surface area contributed by atoms with Gasteiger partial charge >= 0.3 is 0 Å². The molecular weight excluding hydrogens is 324 g/mol. The van der Waals surface area contributed by atoms with Crippen LogP contribution < -0.4 is 4.74 Å². The van der Waals surface area contributed by atoms with Crippen molar-refractivity contribution >= 4 is 15.7 Å². The van der Waals surface area contributed by atoms with Gasteiger partial charge in [0.15, 0.2) is 0 Å². The summed E-state index contributed by atoms with van der Waals surface area (Å²) in [5.41, 5.74) is 4.46. The zero-order valence-electron chi connectivity index (χ0n) is 13.8. The lowest BCUT2D eigenvalue weighted by Crippen LogP contribution is -2.08. The van der Waals surface area contributed by atoms with E-state index < -0.39 is 10.1 Å². The number of ether oxygens (including phenoxy) is 1. The lowest BCUT2D eigenvalue weighted by atomic mass is 10.0. The van der Waals surface area contributed by atoms with Gasteiger partial charge in [-0.15, -0.1) is 0 Å². The number of hydrogen-bond acceptors (Lipinski definition) is 4. The molecule has 0 bridgehead atoms. The number of methoxy groups -OCH3 is 1. The normalized spacial score (nSPS) is 13.5. The van der Waals surface area contributed by atoms with Gasteiger partial charge in [0.2, 0.25) is 0 Å². The molecule has 2 aromatic rings. The number of fused-ring (bicyclic) bond motifs is 1. The molecule has 0 amide bonds. The quantitative estimate of drug-likeness (QED) is 0.749. The molecule has 1 aliphatic rings. The molecule has 126 valence electrons. The average molecular weight is 344 g/mol. The van der Waals surface area contributed by atoms with Crippen molar-refractivity contribution in [1.29, 1.82) is 0 Å². The van der Waals surface area contributed by atoms with Gasteiger partial charge in [0, 0.05) is 0 Å². The lowest BCUT2D eigenvalue weighted by Gasteiger charge is -2.09. The second kappa shape index (κ2) is 6.79. The van der Waals surface area contributed by atoms with Crippen LogP contribution in [-0.2, 0) is 20.7 Å². The Bertz CT molecular complexity index is 865. The van der Waals surface area contributed by atoms with E-state index in [4.69, 9.17) is 8.92 Å². The molecule has 0 aliphatic heterocycles. The van der Waals surface area contributed by atoms with Crippen LogP contribution in [0.5, 0.6) is 5.75 Å². The lowest BCUT2D eigenvalue weighted by molar-refractivity contribution is 0.326. The van der Waals surface area contributed by atoms with E-state index >= 15 is 0 Å². The van der Waals surface area contributed by atoms with E-state index in [2.05, 4.69) is 6.08 Å². The standard InChI is InChI=1S/C19H20O4S/c1-14-3-9-18(10-4-14)24(20,21)23-12-11-16-6-5-15-7-8-17(22-2)13-19(15)16/h3-4,6-10,13H,5,11-12H2,1-2H3. The molecular formula is C19H20O4S. The highest BCUT2D eigenvalue weighted by Crippen LogP contribution is 2.32. The molecule has 0 spiro atoms. The fourth-order valence-electron chi connectivity index (χ4n) is 2.77. The highest BCUT2D eigenvalue weighted by Gasteiger charge is 2.18. The molecule has 0 fully saturated rings. The highest BCUT2D eigenvalue weighted by molar-refractivity contribution is 7.86. The van der Waals surface area contributed by atoms with Crippen LogP contribution in [0.15, 0.2) is 53.4 Å². The predicted octanol–water partition coefficient (Wildman–Crippen LogP) is 3.74. The van der Waals surface area contributed by atoms with Crippen molar-refractivity contribution in [2.45, 2.75) is 24.7 Å². The van der Waals surface area contributed by atoms with Crippen LogP contribution in [0.25, 0.3) is 5.57 Å². The minimum Gasteiger partial charge on any atom is -0.497 e. The summed E-state index contributed by atoms with van der Waals surface area (Å²) in [4.78, 5) is 0.190. The van der Waals surface area contributed by atoms with Crippen LogP contribution in [0, 0.1) is 6.92 Å². The molecule has 0 N–H and O–H groups in total. The van der Waals surface area contributed by atoms with E-state index in [1.54, 1.807) is 31.4 Å². The molecule has 0 unspecified atom stereocenters. The fourth-order valence-corrected chi connectivity index (χ4v) is 3.68. The van der Waals surface area contributed by atoms with E-state index in [0.717, 1.165) is 28.9 Å². The maximum atomic E-state index is 12.2. The number of rotatable bonds is 6. The summed E-state index contributed by atoms with van der Waals surface area (Å²) in [6.45, 7) is 2.04. The molecule has 0 saturated heterocycles. The Labute approximate surface area is 142 Å². The minimum atomic E-state index is -3.71. The van der Waals surface area contributed by atoms with E-state index in [9.17, 15) is 8.42 Å². The summed E-state index contributed by atoms with van der Waals surface area (Å²) in [6, 6.07) is 12.6. The molecule has 0 saturated carbocycles. The SMILES string of the molecule is COc1ccc2c(c1)C(CCOS(=O)(=O)c1ccc(C)cc1)=CC2. The van der Waals surface area contributed by atoms with Crippen molar-refractivity contribution in [3.05, 3.63) is 65.2 Å². The van der Waals surface area contributed by atoms with Gasteiger partial charge in [-0.2, -0.15) is 8.42 Å². The zero-order chi connectivity index (χ0) is 17.2. The monoisotopic (exact) mass is 344 g/mol. The first-order chi connectivity index (χ1) is 11.5. The van der Waals surface area contributed by atoms with E-state index in [1.165, 1.54) is 5.56 Å². The largest absolute Gasteiger partial charge is 0.497 e. The molecule has 3 rings (SSSR count). The number of hydrogen-bond donors (Lipinski definition) is 0. The molecule has 5 heteroatoms. The van der Waals surface area contributed by atoms with Crippen LogP contribution in [0.2, 0.25) is 0 Å². The van der Waals surface area contributed by atoms with Gasteiger partial charge in [-0.25, -0.2) is 0 Å². The Balaban J connectivity index is 1.65. The maximum absolute atomic E-state index is 12.2. The minimum absolute atomic E-state index is 0.124. The van der Waals surface area contributed by atoms with Crippen molar-refractivity contribution in [3.63, 3.8) is 0 Å². The third-order valence-corrected chi connectivity index (χ3v) is 5.48. The highest BCUT2D eigenvalue weighted by atomic mass is 32.2. The maximum Gasteiger partial charge on any atom is 0.296 e. The first-order valence-corrected chi connectivity index (χ1v) is 9.23. The second-order valence-corrected chi connectivity index (χ2v) is 7.41.